The van der Waals surface area contributed by atoms with Crippen molar-refractivity contribution in [2.45, 2.75) is 32.0 Å². The van der Waals surface area contributed by atoms with Crippen molar-refractivity contribution >= 4 is 10.9 Å². The Kier molecular flexibility index (Phi) is 5.54. The fourth-order valence-electron chi connectivity index (χ4n) is 4.24. The van der Waals surface area contributed by atoms with E-state index >= 15 is 0 Å². The van der Waals surface area contributed by atoms with Gasteiger partial charge in [0.1, 0.15) is 6.10 Å². The van der Waals surface area contributed by atoms with Gasteiger partial charge in [0, 0.05) is 29.2 Å². The van der Waals surface area contributed by atoms with E-state index in [0.717, 1.165) is 54.0 Å². The maximum absolute atomic E-state index is 13.3. The Hall–Kier alpha value is -3.39. The fourth-order valence-corrected chi connectivity index (χ4v) is 4.24. The number of fused-ring (bicyclic) bond motifs is 1. The van der Waals surface area contributed by atoms with E-state index in [1.54, 1.807) is 12.4 Å². The number of alkyl halides is 3. The number of nitrogens with one attached hydrogen (secondary N) is 2. The summed E-state index contributed by atoms with van der Waals surface area (Å²) in [6, 6.07) is 9.41. The minimum absolute atomic E-state index is 0.0572. The number of halogens is 3. The molecule has 4 aromatic rings. The van der Waals surface area contributed by atoms with Crippen LogP contribution in [0, 0.1) is 6.92 Å². The molecular formula is C25H23F3N4O. The highest BCUT2D eigenvalue weighted by Crippen LogP contribution is 2.36. The molecule has 33 heavy (non-hydrogen) atoms. The minimum atomic E-state index is -4.39. The molecule has 2 N–H and O–H groups in total. The normalized spacial score (nSPS) is 16.8. The predicted octanol–water partition coefficient (Wildman–Crippen LogP) is 5.75. The number of rotatable bonds is 4. The Labute approximate surface area is 189 Å². The molecule has 1 unspecified atom stereocenters. The molecule has 1 atom stereocenters. The van der Waals surface area contributed by atoms with Crippen LogP contribution in [0.1, 0.15) is 24.0 Å². The Morgan fingerprint density at radius 1 is 1.06 bits per heavy atom. The van der Waals surface area contributed by atoms with Gasteiger partial charge in [-0.1, -0.05) is 12.1 Å². The lowest BCUT2D eigenvalue weighted by atomic mass is 9.96. The zero-order valence-corrected chi connectivity index (χ0v) is 18.0. The van der Waals surface area contributed by atoms with Crippen LogP contribution in [-0.2, 0) is 6.18 Å². The number of hydrogen-bond donors (Lipinski definition) is 2. The topological polar surface area (TPSA) is 62.8 Å². The summed E-state index contributed by atoms with van der Waals surface area (Å²) in [7, 11) is 0. The van der Waals surface area contributed by atoms with Gasteiger partial charge in [0.25, 0.3) is 0 Å². The first-order valence-electron chi connectivity index (χ1n) is 10.9. The summed E-state index contributed by atoms with van der Waals surface area (Å²) in [5.41, 5.74) is 3.69. The zero-order valence-electron chi connectivity index (χ0n) is 18.0. The second-order valence-electron chi connectivity index (χ2n) is 8.32. The van der Waals surface area contributed by atoms with Crippen LogP contribution in [0.15, 0.2) is 55.0 Å². The molecule has 8 heteroatoms. The van der Waals surface area contributed by atoms with Crippen LogP contribution < -0.4 is 10.1 Å². The number of hydrogen-bond acceptors (Lipinski definition) is 4. The van der Waals surface area contributed by atoms with Crippen molar-refractivity contribution in [3.8, 4) is 28.3 Å². The lowest BCUT2D eigenvalue weighted by Gasteiger charge is -2.23. The van der Waals surface area contributed by atoms with Crippen LogP contribution in [-0.4, -0.2) is 34.1 Å². The smallest absolute Gasteiger partial charge is 0.416 e. The highest BCUT2D eigenvalue weighted by Gasteiger charge is 2.31. The maximum atomic E-state index is 13.3. The van der Waals surface area contributed by atoms with Crippen LogP contribution in [0.4, 0.5) is 13.2 Å². The highest BCUT2D eigenvalue weighted by molar-refractivity contribution is 5.97. The zero-order chi connectivity index (χ0) is 23.0. The van der Waals surface area contributed by atoms with Crippen LogP contribution >= 0.6 is 0 Å². The summed E-state index contributed by atoms with van der Waals surface area (Å²) in [6.45, 7) is 3.58. The first-order valence-corrected chi connectivity index (χ1v) is 10.9. The van der Waals surface area contributed by atoms with Gasteiger partial charge in [-0.15, -0.1) is 0 Å². The molecule has 0 spiro atoms. The number of aromatic amines is 1. The van der Waals surface area contributed by atoms with Crippen molar-refractivity contribution in [1.82, 2.24) is 20.3 Å². The molecule has 1 aliphatic heterocycles. The van der Waals surface area contributed by atoms with Crippen molar-refractivity contribution in [1.29, 1.82) is 0 Å². The van der Waals surface area contributed by atoms with Crippen molar-refractivity contribution in [3.63, 3.8) is 0 Å². The van der Waals surface area contributed by atoms with Gasteiger partial charge in [0.2, 0.25) is 5.88 Å². The molecule has 1 fully saturated rings. The number of aromatic nitrogens is 3. The number of H-pyrrole nitrogens is 1. The molecule has 3 heterocycles. The van der Waals surface area contributed by atoms with Crippen molar-refractivity contribution in [2.24, 2.45) is 0 Å². The van der Waals surface area contributed by atoms with E-state index in [2.05, 4.69) is 20.3 Å². The molecule has 2 aromatic heterocycles. The van der Waals surface area contributed by atoms with Gasteiger partial charge in [-0.3, -0.25) is 4.98 Å². The number of aryl methyl sites for hydroxylation is 1. The van der Waals surface area contributed by atoms with Gasteiger partial charge >= 0.3 is 6.18 Å². The van der Waals surface area contributed by atoms with Gasteiger partial charge in [-0.25, -0.2) is 4.98 Å². The molecule has 0 radical (unpaired) electrons. The van der Waals surface area contributed by atoms with Gasteiger partial charge < -0.3 is 15.0 Å². The van der Waals surface area contributed by atoms with Crippen molar-refractivity contribution in [3.05, 3.63) is 66.1 Å². The summed E-state index contributed by atoms with van der Waals surface area (Å²) >= 11 is 0. The standard InChI is InChI=1S/C25H23F3N4O/c1-15-4-6-17(25(26,27)28)10-19(15)16-5-7-22-20(9-16)21(12-31-22)23-13-30-14-24(32-23)33-18-3-2-8-29-11-18/h4-7,9-10,12-14,18,29,31H,2-3,8,11H2,1H3. The van der Waals surface area contributed by atoms with Gasteiger partial charge in [0.05, 0.1) is 23.7 Å². The SMILES string of the molecule is Cc1ccc(C(F)(F)F)cc1-c1ccc2[nH]cc(-c3cncc(OC4CCCNC4)n3)c2c1. The number of benzene rings is 2. The number of nitrogens with zero attached hydrogens (tertiary/aromatic N) is 2. The van der Waals surface area contributed by atoms with E-state index in [9.17, 15) is 13.2 Å². The average molecular weight is 452 g/mol. The van der Waals surface area contributed by atoms with Crippen LogP contribution in [0.3, 0.4) is 0 Å². The largest absolute Gasteiger partial charge is 0.472 e. The Balaban J connectivity index is 1.52. The molecule has 0 amide bonds. The molecule has 0 aliphatic carbocycles. The molecule has 1 aliphatic rings. The first-order chi connectivity index (χ1) is 15.9. The summed E-state index contributed by atoms with van der Waals surface area (Å²) in [4.78, 5) is 12.2. The third kappa shape index (κ3) is 4.43. The van der Waals surface area contributed by atoms with E-state index < -0.39 is 11.7 Å². The molecule has 0 bridgehead atoms. The van der Waals surface area contributed by atoms with Gasteiger partial charge in [-0.05, 0) is 67.3 Å². The Morgan fingerprint density at radius 3 is 2.73 bits per heavy atom. The van der Waals surface area contributed by atoms with Crippen molar-refractivity contribution in [2.75, 3.05) is 13.1 Å². The summed E-state index contributed by atoms with van der Waals surface area (Å²) in [6.07, 6.45) is 2.78. The second-order valence-corrected chi connectivity index (χ2v) is 8.32. The summed E-state index contributed by atoms with van der Waals surface area (Å²) in [5, 5.41) is 4.17. The monoisotopic (exact) mass is 452 g/mol. The van der Waals surface area contributed by atoms with E-state index in [1.807, 2.05) is 31.3 Å². The minimum Gasteiger partial charge on any atom is -0.472 e. The molecule has 5 rings (SSSR count). The molecule has 1 saturated heterocycles. The fraction of sp³-hybridized carbons (Fsp3) is 0.280. The van der Waals surface area contributed by atoms with Crippen LogP contribution in [0.2, 0.25) is 0 Å². The van der Waals surface area contributed by atoms with E-state index in [-0.39, 0.29) is 6.10 Å². The second kappa shape index (κ2) is 8.51. The maximum Gasteiger partial charge on any atom is 0.416 e. The highest BCUT2D eigenvalue weighted by atomic mass is 19.4. The third-order valence-corrected chi connectivity index (χ3v) is 5.99. The van der Waals surface area contributed by atoms with Crippen LogP contribution in [0.5, 0.6) is 5.88 Å². The third-order valence-electron chi connectivity index (χ3n) is 5.99. The molecular weight excluding hydrogens is 429 g/mol. The summed E-state index contributed by atoms with van der Waals surface area (Å²) in [5.74, 6) is 0.459. The lowest BCUT2D eigenvalue weighted by molar-refractivity contribution is -0.137. The molecule has 170 valence electrons. The molecule has 0 saturated carbocycles. The average Bonchev–Trinajstić information content (AvgIpc) is 3.23. The van der Waals surface area contributed by atoms with Gasteiger partial charge in [-0.2, -0.15) is 13.2 Å². The lowest BCUT2D eigenvalue weighted by Crippen LogP contribution is -2.37. The van der Waals surface area contributed by atoms with E-state index in [0.29, 0.717) is 22.7 Å². The molecule has 2 aromatic carbocycles. The quantitative estimate of drug-likeness (QED) is 0.414. The number of piperidine rings is 1. The number of ether oxygens (including phenoxy) is 1. The summed E-state index contributed by atoms with van der Waals surface area (Å²) < 4.78 is 45.8. The van der Waals surface area contributed by atoms with E-state index in [4.69, 9.17) is 4.74 Å². The van der Waals surface area contributed by atoms with Crippen LogP contribution in [0.25, 0.3) is 33.3 Å². The van der Waals surface area contributed by atoms with E-state index in [1.165, 1.54) is 12.1 Å². The van der Waals surface area contributed by atoms with Gasteiger partial charge in [0.15, 0.2) is 0 Å². The Morgan fingerprint density at radius 2 is 1.94 bits per heavy atom. The van der Waals surface area contributed by atoms with Crippen molar-refractivity contribution < 1.29 is 17.9 Å². The Bertz CT molecular complexity index is 1290. The predicted molar refractivity (Wildman–Crippen MR) is 121 cm³/mol. The molecule has 5 nitrogen and oxygen atoms in total. The first kappa shape index (κ1) is 21.5.